The van der Waals surface area contributed by atoms with Gasteiger partial charge in [0.25, 0.3) is 5.91 Å². The quantitative estimate of drug-likeness (QED) is 0.852. The Balaban J connectivity index is 0.00000400. The Bertz CT molecular complexity index is 461. The van der Waals surface area contributed by atoms with Crippen LogP contribution in [0.4, 0.5) is 0 Å². The standard InChI is InChI=1S/C14H20Cl2N2O2.ClH/c1-14(2,8-17)9-18(3)13(19)7-20-12-5-10(15)4-11(16)6-12;/h4-6H,7-9,17H2,1-3H3;1H. The Morgan fingerprint density at radius 3 is 2.29 bits per heavy atom. The van der Waals surface area contributed by atoms with Crippen LogP contribution in [0.1, 0.15) is 13.8 Å². The highest BCUT2D eigenvalue weighted by molar-refractivity contribution is 6.34. The van der Waals surface area contributed by atoms with E-state index in [1.54, 1.807) is 30.1 Å². The first-order chi connectivity index (χ1) is 9.23. The van der Waals surface area contributed by atoms with Crippen molar-refractivity contribution in [2.45, 2.75) is 13.8 Å². The van der Waals surface area contributed by atoms with E-state index in [9.17, 15) is 4.79 Å². The van der Waals surface area contributed by atoms with Gasteiger partial charge in [-0.15, -0.1) is 12.4 Å². The molecule has 120 valence electrons. The Morgan fingerprint density at radius 1 is 1.29 bits per heavy atom. The van der Waals surface area contributed by atoms with Gasteiger partial charge in [0.05, 0.1) is 0 Å². The second kappa shape index (κ2) is 8.69. The summed E-state index contributed by atoms with van der Waals surface area (Å²) in [5, 5.41) is 0.940. The third-order valence-corrected chi connectivity index (χ3v) is 3.28. The van der Waals surface area contributed by atoms with Crippen molar-refractivity contribution in [3.63, 3.8) is 0 Å². The number of likely N-dealkylation sites (N-methyl/N-ethyl adjacent to an activating group) is 1. The monoisotopic (exact) mass is 354 g/mol. The molecule has 0 saturated carbocycles. The average Bonchev–Trinajstić information content (AvgIpc) is 2.34. The molecule has 0 bridgehead atoms. The number of ether oxygens (including phenoxy) is 1. The minimum absolute atomic E-state index is 0. The third-order valence-electron chi connectivity index (χ3n) is 2.84. The summed E-state index contributed by atoms with van der Waals surface area (Å²) < 4.78 is 5.41. The van der Waals surface area contributed by atoms with Crippen molar-refractivity contribution >= 4 is 41.5 Å². The molecule has 7 heteroatoms. The third kappa shape index (κ3) is 7.23. The minimum Gasteiger partial charge on any atom is -0.484 e. The smallest absolute Gasteiger partial charge is 0.260 e. The highest BCUT2D eigenvalue weighted by Crippen LogP contribution is 2.24. The lowest BCUT2D eigenvalue weighted by Gasteiger charge is -2.29. The van der Waals surface area contributed by atoms with E-state index < -0.39 is 0 Å². The highest BCUT2D eigenvalue weighted by Gasteiger charge is 2.21. The summed E-state index contributed by atoms with van der Waals surface area (Å²) in [5.41, 5.74) is 5.53. The van der Waals surface area contributed by atoms with Crippen molar-refractivity contribution in [2.75, 3.05) is 26.7 Å². The molecule has 0 aromatic heterocycles. The van der Waals surface area contributed by atoms with Gasteiger partial charge in [0.2, 0.25) is 0 Å². The van der Waals surface area contributed by atoms with Gasteiger partial charge in [-0.05, 0) is 30.2 Å². The molecule has 2 N–H and O–H groups in total. The second-order valence-corrected chi connectivity index (χ2v) is 6.38. The zero-order chi connectivity index (χ0) is 15.3. The van der Waals surface area contributed by atoms with E-state index in [-0.39, 0.29) is 30.3 Å². The van der Waals surface area contributed by atoms with Gasteiger partial charge in [0, 0.05) is 23.6 Å². The van der Waals surface area contributed by atoms with Crippen molar-refractivity contribution in [1.82, 2.24) is 4.90 Å². The first kappa shape index (κ1) is 20.3. The highest BCUT2D eigenvalue weighted by atomic mass is 35.5. The molecule has 1 amide bonds. The fourth-order valence-electron chi connectivity index (χ4n) is 1.66. The number of rotatable bonds is 6. The number of nitrogens with zero attached hydrogens (tertiary/aromatic N) is 1. The maximum atomic E-state index is 12.0. The lowest BCUT2D eigenvalue weighted by molar-refractivity contribution is -0.133. The van der Waals surface area contributed by atoms with Gasteiger partial charge < -0.3 is 15.4 Å². The summed E-state index contributed by atoms with van der Waals surface area (Å²) in [7, 11) is 1.73. The molecule has 0 fully saturated rings. The molecule has 21 heavy (non-hydrogen) atoms. The molecule has 4 nitrogen and oxygen atoms in total. The van der Waals surface area contributed by atoms with Crippen LogP contribution in [0, 0.1) is 5.41 Å². The van der Waals surface area contributed by atoms with Gasteiger partial charge in [0.15, 0.2) is 6.61 Å². The maximum absolute atomic E-state index is 12.0. The van der Waals surface area contributed by atoms with Crippen molar-refractivity contribution in [3.8, 4) is 5.75 Å². The van der Waals surface area contributed by atoms with E-state index in [1.165, 1.54) is 0 Å². The van der Waals surface area contributed by atoms with Crippen molar-refractivity contribution in [1.29, 1.82) is 0 Å². The fraction of sp³-hybridized carbons (Fsp3) is 0.500. The van der Waals surface area contributed by atoms with Crippen molar-refractivity contribution < 1.29 is 9.53 Å². The molecule has 0 aliphatic rings. The van der Waals surface area contributed by atoms with Crippen molar-refractivity contribution in [3.05, 3.63) is 28.2 Å². The van der Waals surface area contributed by atoms with Crippen LogP contribution in [0.3, 0.4) is 0 Å². The van der Waals surface area contributed by atoms with Crippen LogP contribution in [0.25, 0.3) is 0 Å². The summed E-state index contributed by atoms with van der Waals surface area (Å²) in [4.78, 5) is 13.6. The second-order valence-electron chi connectivity index (χ2n) is 5.51. The lowest BCUT2D eigenvalue weighted by Crippen LogP contribution is -2.41. The molecule has 1 rings (SSSR count). The predicted molar refractivity (Wildman–Crippen MR) is 89.7 cm³/mol. The summed E-state index contributed by atoms with van der Waals surface area (Å²) in [6, 6.07) is 4.84. The molecule has 0 radical (unpaired) electrons. The van der Waals surface area contributed by atoms with Gasteiger partial charge in [-0.2, -0.15) is 0 Å². The van der Waals surface area contributed by atoms with Gasteiger partial charge in [-0.1, -0.05) is 37.0 Å². The number of nitrogens with two attached hydrogens (primary N) is 1. The summed E-state index contributed by atoms with van der Waals surface area (Å²) in [5.74, 6) is 0.352. The van der Waals surface area contributed by atoms with Crippen LogP contribution in [0.15, 0.2) is 18.2 Å². The van der Waals surface area contributed by atoms with Crippen LogP contribution in [-0.4, -0.2) is 37.6 Å². The van der Waals surface area contributed by atoms with E-state index in [2.05, 4.69) is 0 Å². The first-order valence-corrected chi connectivity index (χ1v) is 7.02. The number of carbonyl (C=O) groups excluding carboxylic acids is 1. The van der Waals surface area contributed by atoms with E-state index in [4.69, 9.17) is 33.7 Å². The Labute approximate surface area is 141 Å². The number of hydrogen-bond acceptors (Lipinski definition) is 3. The predicted octanol–water partition coefficient (Wildman–Crippen LogP) is 3.24. The average molecular weight is 356 g/mol. The maximum Gasteiger partial charge on any atom is 0.260 e. The van der Waals surface area contributed by atoms with Crippen LogP contribution in [0.5, 0.6) is 5.75 Å². The van der Waals surface area contributed by atoms with E-state index in [1.807, 2.05) is 13.8 Å². The lowest BCUT2D eigenvalue weighted by atomic mass is 9.93. The molecule has 0 aliphatic heterocycles. The number of hydrogen-bond donors (Lipinski definition) is 1. The molecular formula is C14H21Cl3N2O2. The minimum atomic E-state index is -0.123. The van der Waals surface area contributed by atoms with E-state index >= 15 is 0 Å². The van der Waals surface area contributed by atoms with Crippen LogP contribution in [-0.2, 0) is 4.79 Å². The first-order valence-electron chi connectivity index (χ1n) is 6.26. The Kier molecular flexibility index (Phi) is 8.41. The molecule has 0 spiro atoms. The Morgan fingerprint density at radius 2 is 1.81 bits per heavy atom. The molecule has 0 saturated heterocycles. The zero-order valence-corrected chi connectivity index (χ0v) is 14.7. The van der Waals surface area contributed by atoms with Crippen LogP contribution < -0.4 is 10.5 Å². The topological polar surface area (TPSA) is 55.6 Å². The number of benzene rings is 1. The zero-order valence-electron chi connectivity index (χ0n) is 12.4. The Hall–Kier alpha value is -0.680. The van der Waals surface area contributed by atoms with Crippen molar-refractivity contribution in [2.24, 2.45) is 11.1 Å². The van der Waals surface area contributed by atoms with Gasteiger partial charge in [-0.25, -0.2) is 0 Å². The molecule has 0 heterocycles. The normalized spacial score (nSPS) is 10.8. The molecule has 1 aromatic carbocycles. The number of halogens is 3. The fourth-order valence-corrected chi connectivity index (χ4v) is 2.17. The molecule has 1 aromatic rings. The largest absolute Gasteiger partial charge is 0.484 e. The molecule has 0 atom stereocenters. The van der Waals surface area contributed by atoms with Gasteiger partial charge in [-0.3, -0.25) is 4.79 Å². The molecule has 0 aliphatic carbocycles. The molecular weight excluding hydrogens is 335 g/mol. The molecule has 0 unspecified atom stereocenters. The summed E-state index contributed by atoms with van der Waals surface area (Å²) >= 11 is 11.7. The van der Waals surface area contributed by atoms with Gasteiger partial charge in [0.1, 0.15) is 5.75 Å². The number of carbonyl (C=O) groups is 1. The van der Waals surface area contributed by atoms with Crippen LogP contribution in [0.2, 0.25) is 10.0 Å². The van der Waals surface area contributed by atoms with Crippen LogP contribution >= 0.6 is 35.6 Å². The van der Waals surface area contributed by atoms with E-state index in [0.29, 0.717) is 28.9 Å². The summed E-state index contributed by atoms with van der Waals surface area (Å²) in [6.45, 7) is 5.04. The van der Waals surface area contributed by atoms with Gasteiger partial charge >= 0.3 is 0 Å². The summed E-state index contributed by atoms with van der Waals surface area (Å²) in [6.07, 6.45) is 0. The number of amides is 1. The van der Waals surface area contributed by atoms with E-state index in [0.717, 1.165) is 0 Å². The SMILES string of the molecule is CN(CC(C)(C)CN)C(=O)COc1cc(Cl)cc(Cl)c1.Cl.